The lowest BCUT2D eigenvalue weighted by atomic mass is 10.1. The van der Waals surface area contributed by atoms with E-state index in [1.165, 1.54) is 5.56 Å². The number of hydrogen-bond acceptors (Lipinski definition) is 2. The smallest absolute Gasteiger partial charge is 0.125 e. The SMILES string of the molecule is CNCCC(Oc1ccccc1)c1ccccc1.Cl. The van der Waals surface area contributed by atoms with Gasteiger partial charge in [0.15, 0.2) is 0 Å². The van der Waals surface area contributed by atoms with Crippen molar-refractivity contribution in [2.24, 2.45) is 0 Å². The van der Waals surface area contributed by atoms with Gasteiger partial charge in [0, 0.05) is 6.42 Å². The maximum atomic E-state index is 6.06. The molecule has 0 bridgehead atoms. The number of hydrogen-bond donors (Lipinski definition) is 1. The summed E-state index contributed by atoms with van der Waals surface area (Å²) in [4.78, 5) is 0. The minimum atomic E-state index is 0. The van der Waals surface area contributed by atoms with Gasteiger partial charge in [-0.1, -0.05) is 48.5 Å². The van der Waals surface area contributed by atoms with Crippen molar-refractivity contribution in [3.8, 4) is 5.75 Å². The molecule has 0 aromatic heterocycles. The molecule has 0 aliphatic heterocycles. The van der Waals surface area contributed by atoms with Crippen LogP contribution in [0.3, 0.4) is 0 Å². The molecular formula is C16H20ClNO. The van der Waals surface area contributed by atoms with Gasteiger partial charge in [-0.2, -0.15) is 0 Å². The highest BCUT2D eigenvalue weighted by Crippen LogP contribution is 2.24. The summed E-state index contributed by atoms with van der Waals surface area (Å²) in [7, 11) is 1.96. The maximum Gasteiger partial charge on any atom is 0.125 e. The molecule has 0 fully saturated rings. The van der Waals surface area contributed by atoms with Crippen molar-refractivity contribution in [3.63, 3.8) is 0 Å². The average molecular weight is 278 g/mol. The van der Waals surface area contributed by atoms with Gasteiger partial charge in [0.2, 0.25) is 0 Å². The normalized spacial score (nSPS) is 11.4. The van der Waals surface area contributed by atoms with Gasteiger partial charge in [-0.05, 0) is 31.3 Å². The van der Waals surface area contributed by atoms with Crippen LogP contribution < -0.4 is 10.1 Å². The molecule has 1 unspecified atom stereocenters. The molecule has 0 saturated heterocycles. The van der Waals surface area contributed by atoms with E-state index in [4.69, 9.17) is 4.74 Å². The van der Waals surface area contributed by atoms with Crippen LogP contribution in [0.4, 0.5) is 0 Å². The third-order valence-corrected chi connectivity index (χ3v) is 2.85. The lowest BCUT2D eigenvalue weighted by molar-refractivity contribution is 0.195. The second kappa shape index (κ2) is 8.57. The summed E-state index contributed by atoms with van der Waals surface area (Å²) in [6.45, 7) is 0.937. The molecule has 2 aromatic rings. The summed E-state index contributed by atoms with van der Waals surface area (Å²) in [5.41, 5.74) is 1.22. The minimum Gasteiger partial charge on any atom is -0.486 e. The first kappa shape index (κ1) is 15.5. The van der Waals surface area contributed by atoms with Crippen LogP contribution in [0.25, 0.3) is 0 Å². The standard InChI is InChI=1S/C16H19NO.ClH/c1-17-13-12-16(14-8-4-2-5-9-14)18-15-10-6-3-7-11-15;/h2-11,16-17H,12-13H2,1H3;1H. The Bertz CT molecular complexity index is 447. The highest BCUT2D eigenvalue weighted by atomic mass is 35.5. The van der Waals surface area contributed by atoms with E-state index in [0.29, 0.717) is 0 Å². The second-order valence-corrected chi connectivity index (χ2v) is 4.22. The van der Waals surface area contributed by atoms with Crippen molar-refractivity contribution in [2.45, 2.75) is 12.5 Å². The largest absolute Gasteiger partial charge is 0.486 e. The quantitative estimate of drug-likeness (QED) is 0.866. The number of ether oxygens (including phenoxy) is 1. The zero-order valence-electron chi connectivity index (χ0n) is 11.1. The first-order chi connectivity index (χ1) is 8.90. The fourth-order valence-corrected chi connectivity index (χ4v) is 1.90. The highest BCUT2D eigenvalue weighted by Gasteiger charge is 2.12. The van der Waals surface area contributed by atoms with Gasteiger partial charge in [-0.25, -0.2) is 0 Å². The van der Waals surface area contributed by atoms with Gasteiger partial charge in [0.1, 0.15) is 11.9 Å². The fraction of sp³-hybridized carbons (Fsp3) is 0.250. The zero-order valence-corrected chi connectivity index (χ0v) is 11.9. The van der Waals surface area contributed by atoms with Crippen molar-refractivity contribution in [3.05, 3.63) is 66.2 Å². The van der Waals surface area contributed by atoms with E-state index in [1.807, 2.05) is 43.4 Å². The molecule has 0 saturated carbocycles. The molecule has 1 atom stereocenters. The van der Waals surface area contributed by atoms with Gasteiger partial charge >= 0.3 is 0 Å². The van der Waals surface area contributed by atoms with Crippen LogP contribution in [0.5, 0.6) is 5.75 Å². The monoisotopic (exact) mass is 277 g/mol. The summed E-state index contributed by atoms with van der Waals surface area (Å²) in [6.07, 6.45) is 1.05. The van der Waals surface area contributed by atoms with Crippen molar-refractivity contribution in [1.82, 2.24) is 5.32 Å². The van der Waals surface area contributed by atoms with Crippen molar-refractivity contribution >= 4 is 12.4 Å². The molecule has 0 radical (unpaired) electrons. The van der Waals surface area contributed by atoms with Crippen LogP contribution in [0.15, 0.2) is 60.7 Å². The third-order valence-electron chi connectivity index (χ3n) is 2.85. The molecule has 3 heteroatoms. The topological polar surface area (TPSA) is 21.3 Å². The van der Waals surface area contributed by atoms with Gasteiger partial charge in [0.05, 0.1) is 0 Å². The number of rotatable bonds is 6. The Morgan fingerprint density at radius 1 is 0.947 bits per heavy atom. The predicted octanol–water partition coefficient (Wildman–Crippen LogP) is 3.84. The Morgan fingerprint density at radius 2 is 1.53 bits per heavy atom. The van der Waals surface area contributed by atoms with E-state index in [2.05, 4.69) is 29.6 Å². The summed E-state index contributed by atoms with van der Waals surface area (Å²) in [5, 5.41) is 3.17. The first-order valence-corrected chi connectivity index (χ1v) is 6.31. The van der Waals surface area contributed by atoms with E-state index >= 15 is 0 Å². The minimum absolute atomic E-state index is 0. The molecule has 0 amide bonds. The summed E-state index contributed by atoms with van der Waals surface area (Å²) < 4.78 is 6.06. The molecule has 1 N–H and O–H groups in total. The fourth-order valence-electron chi connectivity index (χ4n) is 1.90. The van der Waals surface area contributed by atoms with Crippen LogP contribution in [0.1, 0.15) is 18.1 Å². The number of nitrogens with one attached hydrogen (secondary N) is 1. The van der Waals surface area contributed by atoms with Crippen molar-refractivity contribution in [1.29, 1.82) is 0 Å². The van der Waals surface area contributed by atoms with E-state index in [1.54, 1.807) is 0 Å². The van der Waals surface area contributed by atoms with Crippen LogP contribution in [-0.2, 0) is 0 Å². The lowest BCUT2D eigenvalue weighted by Gasteiger charge is -2.19. The van der Waals surface area contributed by atoms with Crippen LogP contribution in [0.2, 0.25) is 0 Å². The summed E-state index contributed by atoms with van der Waals surface area (Å²) in [6, 6.07) is 20.3. The van der Waals surface area contributed by atoms with E-state index in [9.17, 15) is 0 Å². The molecule has 0 heterocycles. The van der Waals surface area contributed by atoms with Crippen LogP contribution >= 0.6 is 12.4 Å². The predicted molar refractivity (Wildman–Crippen MR) is 82.0 cm³/mol. The molecule has 0 spiro atoms. The molecule has 0 aliphatic carbocycles. The molecule has 2 rings (SSSR count). The Labute approximate surface area is 121 Å². The highest BCUT2D eigenvalue weighted by molar-refractivity contribution is 5.85. The Kier molecular flexibility index (Phi) is 7.01. The molecule has 102 valence electrons. The van der Waals surface area contributed by atoms with E-state index in [0.717, 1.165) is 18.7 Å². The van der Waals surface area contributed by atoms with Crippen molar-refractivity contribution < 1.29 is 4.74 Å². The molecule has 19 heavy (non-hydrogen) atoms. The Hall–Kier alpha value is -1.51. The van der Waals surface area contributed by atoms with Gasteiger partial charge in [-0.3, -0.25) is 0 Å². The van der Waals surface area contributed by atoms with Gasteiger partial charge < -0.3 is 10.1 Å². The van der Waals surface area contributed by atoms with Crippen LogP contribution in [0, 0.1) is 0 Å². The first-order valence-electron chi connectivity index (χ1n) is 6.31. The van der Waals surface area contributed by atoms with Crippen LogP contribution in [-0.4, -0.2) is 13.6 Å². The Balaban J connectivity index is 0.00000180. The number of halogens is 1. The third kappa shape index (κ3) is 4.93. The average Bonchev–Trinajstić information content (AvgIpc) is 2.45. The lowest BCUT2D eigenvalue weighted by Crippen LogP contribution is -2.16. The summed E-state index contributed by atoms with van der Waals surface area (Å²) >= 11 is 0. The zero-order chi connectivity index (χ0) is 12.6. The van der Waals surface area contributed by atoms with Crippen molar-refractivity contribution in [2.75, 3.05) is 13.6 Å². The maximum absolute atomic E-state index is 6.06. The molecule has 0 aliphatic rings. The number of benzene rings is 2. The van der Waals surface area contributed by atoms with E-state index < -0.39 is 0 Å². The Morgan fingerprint density at radius 3 is 2.11 bits per heavy atom. The summed E-state index contributed by atoms with van der Waals surface area (Å²) in [5.74, 6) is 0.919. The van der Waals surface area contributed by atoms with Gasteiger partial charge in [0.25, 0.3) is 0 Å². The molecular weight excluding hydrogens is 258 g/mol. The van der Waals surface area contributed by atoms with Gasteiger partial charge in [-0.15, -0.1) is 12.4 Å². The molecule has 2 nitrogen and oxygen atoms in total. The molecule has 2 aromatic carbocycles. The number of para-hydroxylation sites is 1. The second-order valence-electron chi connectivity index (χ2n) is 4.22. The van der Waals surface area contributed by atoms with E-state index in [-0.39, 0.29) is 18.5 Å².